The number of aryl methyl sites for hydroxylation is 1. The van der Waals surface area contributed by atoms with E-state index < -0.39 is 0 Å². The van der Waals surface area contributed by atoms with Gasteiger partial charge in [-0.25, -0.2) is 9.97 Å². The molecule has 0 saturated heterocycles. The second-order valence-corrected chi connectivity index (χ2v) is 6.64. The number of nitrogens with zero attached hydrogens (tertiary/aromatic N) is 3. The molecule has 1 aliphatic heterocycles. The predicted molar refractivity (Wildman–Crippen MR) is 107 cm³/mol. The fourth-order valence-electron chi connectivity index (χ4n) is 3.43. The summed E-state index contributed by atoms with van der Waals surface area (Å²) >= 11 is 0. The number of hydrogen-bond acceptors (Lipinski definition) is 4. The molecule has 0 spiro atoms. The third kappa shape index (κ3) is 3.97. The molecule has 1 N–H and O–H groups in total. The van der Waals surface area contributed by atoms with Crippen molar-refractivity contribution in [2.75, 3.05) is 23.3 Å². The zero-order valence-electron chi connectivity index (χ0n) is 15.1. The van der Waals surface area contributed by atoms with E-state index in [4.69, 9.17) is 0 Å². The van der Waals surface area contributed by atoms with Gasteiger partial charge in [-0.15, -0.1) is 0 Å². The van der Waals surface area contributed by atoms with E-state index in [9.17, 15) is 4.79 Å². The van der Waals surface area contributed by atoms with Crippen LogP contribution in [0.3, 0.4) is 0 Å². The first-order chi connectivity index (χ1) is 13.3. The molecule has 0 radical (unpaired) electrons. The minimum Gasteiger partial charge on any atom is -0.370 e. The van der Waals surface area contributed by atoms with Crippen molar-refractivity contribution in [3.05, 3.63) is 83.8 Å². The molecule has 2 heterocycles. The van der Waals surface area contributed by atoms with Crippen LogP contribution in [0, 0.1) is 0 Å². The molecule has 4 rings (SSSR count). The van der Waals surface area contributed by atoms with Crippen LogP contribution >= 0.6 is 0 Å². The number of para-hydroxylation sites is 1. The van der Waals surface area contributed by atoms with Crippen molar-refractivity contribution < 1.29 is 4.79 Å². The lowest BCUT2D eigenvalue weighted by atomic mass is 10.0. The molecule has 0 saturated carbocycles. The van der Waals surface area contributed by atoms with Crippen LogP contribution in [0.5, 0.6) is 0 Å². The van der Waals surface area contributed by atoms with E-state index in [1.807, 2.05) is 41.3 Å². The van der Waals surface area contributed by atoms with E-state index in [-0.39, 0.29) is 5.91 Å². The molecular weight excluding hydrogens is 336 g/mol. The number of hydrogen-bond donors (Lipinski definition) is 1. The summed E-state index contributed by atoms with van der Waals surface area (Å²) in [5.74, 6) is 0.602. The van der Waals surface area contributed by atoms with Crippen LogP contribution in [-0.4, -0.2) is 29.0 Å². The topological polar surface area (TPSA) is 58.1 Å². The van der Waals surface area contributed by atoms with Gasteiger partial charge in [-0.2, -0.15) is 0 Å². The van der Waals surface area contributed by atoms with Crippen molar-refractivity contribution in [2.24, 2.45) is 0 Å². The van der Waals surface area contributed by atoms with E-state index in [1.165, 1.54) is 17.5 Å². The lowest BCUT2D eigenvalue weighted by Crippen LogP contribution is -2.36. The van der Waals surface area contributed by atoms with Crippen LogP contribution in [0.15, 0.2) is 67.0 Å². The molecule has 0 bridgehead atoms. The fraction of sp³-hybridized carbons (Fsp3) is 0.227. The number of carbonyl (C=O) groups excluding carboxylic acids is 1. The number of benzene rings is 2. The van der Waals surface area contributed by atoms with Gasteiger partial charge in [-0.3, -0.25) is 4.79 Å². The number of amides is 1. The number of rotatable bonds is 5. The molecule has 0 fully saturated rings. The van der Waals surface area contributed by atoms with E-state index in [1.54, 1.807) is 6.07 Å². The molecule has 1 amide bonds. The largest absolute Gasteiger partial charge is 0.370 e. The third-order valence-corrected chi connectivity index (χ3v) is 4.80. The Balaban J connectivity index is 1.45. The molecule has 5 heteroatoms. The lowest BCUT2D eigenvalue weighted by molar-refractivity contribution is 0.0980. The molecule has 0 unspecified atom stereocenters. The highest BCUT2D eigenvalue weighted by atomic mass is 16.2. The number of nitrogens with one attached hydrogen (secondary N) is 1. The third-order valence-electron chi connectivity index (χ3n) is 4.80. The van der Waals surface area contributed by atoms with Gasteiger partial charge in [0.15, 0.2) is 0 Å². The molecular formula is C22H22N4O. The van der Waals surface area contributed by atoms with Crippen LogP contribution in [0.2, 0.25) is 0 Å². The average Bonchev–Trinajstić information content (AvgIpc) is 2.74. The van der Waals surface area contributed by atoms with Gasteiger partial charge in [0, 0.05) is 24.8 Å². The van der Waals surface area contributed by atoms with Crippen LogP contribution in [0.25, 0.3) is 0 Å². The summed E-state index contributed by atoms with van der Waals surface area (Å²) < 4.78 is 0. The Kier molecular flexibility index (Phi) is 5.10. The summed E-state index contributed by atoms with van der Waals surface area (Å²) in [6.07, 6.45) is 4.33. The normalized spacial score (nSPS) is 13.1. The smallest absolute Gasteiger partial charge is 0.277 e. The molecule has 1 aromatic heterocycles. The summed E-state index contributed by atoms with van der Waals surface area (Å²) in [6, 6.07) is 20.1. The van der Waals surface area contributed by atoms with Crippen LogP contribution in [0.1, 0.15) is 28.0 Å². The Hall–Kier alpha value is -3.21. The molecule has 136 valence electrons. The first-order valence-corrected chi connectivity index (χ1v) is 9.31. The van der Waals surface area contributed by atoms with Gasteiger partial charge < -0.3 is 10.2 Å². The maximum atomic E-state index is 13.0. The minimum absolute atomic E-state index is 0.0735. The van der Waals surface area contributed by atoms with E-state index >= 15 is 0 Å². The van der Waals surface area contributed by atoms with Crippen LogP contribution in [-0.2, 0) is 12.8 Å². The SMILES string of the molecule is O=C(c1cc(NCCc2ccccc2)ncn1)N1CCCc2ccccc21. The molecule has 0 aliphatic carbocycles. The number of fused-ring (bicyclic) bond motifs is 1. The first kappa shape index (κ1) is 17.2. The Bertz CT molecular complexity index is 926. The zero-order chi connectivity index (χ0) is 18.5. The van der Waals surface area contributed by atoms with Crippen molar-refractivity contribution in [1.29, 1.82) is 0 Å². The Morgan fingerprint density at radius 1 is 1.04 bits per heavy atom. The van der Waals surface area contributed by atoms with Gasteiger partial charge in [-0.1, -0.05) is 48.5 Å². The van der Waals surface area contributed by atoms with Crippen molar-refractivity contribution >= 4 is 17.4 Å². The summed E-state index contributed by atoms with van der Waals surface area (Å²) in [4.78, 5) is 23.3. The first-order valence-electron chi connectivity index (χ1n) is 9.31. The van der Waals surface area contributed by atoms with Crippen molar-refractivity contribution in [2.45, 2.75) is 19.3 Å². The molecule has 1 aliphatic rings. The van der Waals surface area contributed by atoms with Gasteiger partial charge in [0.2, 0.25) is 0 Å². The minimum atomic E-state index is -0.0735. The highest BCUT2D eigenvalue weighted by Gasteiger charge is 2.24. The Labute approximate surface area is 159 Å². The molecule has 2 aromatic carbocycles. The molecule has 3 aromatic rings. The number of aromatic nitrogens is 2. The molecule has 27 heavy (non-hydrogen) atoms. The lowest BCUT2D eigenvalue weighted by Gasteiger charge is -2.29. The van der Waals surface area contributed by atoms with E-state index in [2.05, 4.69) is 33.5 Å². The molecule has 5 nitrogen and oxygen atoms in total. The summed E-state index contributed by atoms with van der Waals surface area (Å²) in [5, 5.41) is 3.29. The monoisotopic (exact) mass is 358 g/mol. The van der Waals surface area contributed by atoms with Gasteiger partial charge in [-0.05, 0) is 36.5 Å². The maximum absolute atomic E-state index is 13.0. The summed E-state index contributed by atoms with van der Waals surface area (Å²) in [6.45, 7) is 1.47. The van der Waals surface area contributed by atoms with Crippen LogP contribution < -0.4 is 10.2 Å². The number of anilines is 2. The van der Waals surface area contributed by atoms with Gasteiger partial charge in [0.25, 0.3) is 5.91 Å². The van der Waals surface area contributed by atoms with Gasteiger partial charge in [0.05, 0.1) is 0 Å². The van der Waals surface area contributed by atoms with Crippen molar-refractivity contribution in [3.8, 4) is 0 Å². The van der Waals surface area contributed by atoms with Crippen LogP contribution in [0.4, 0.5) is 11.5 Å². The number of carbonyl (C=O) groups is 1. The Morgan fingerprint density at radius 3 is 2.74 bits per heavy atom. The van der Waals surface area contributed by atoms with E-state index in [0.717, 1.165) is 38.0 Å². The summed E-state index contributed by atoms with van der Waals surface area (Å²) in [7, 11) is 0. The Morgan fingerprint density at radius 2 is 1.85 bits per heavy atom. The van der Waals surface area contributed by atoms with Gasteiger partial charge in [0.1, 0.15) is 17.8 Å². The predicted octanol–water partition coefficient (Wildman–Crippen LogP) is 3.72. The zero-order valence-corrected chi connectivity index (χ0v) is 15.1. The summed E-state index contributed by atoms with van der Waals surface area (Å²) in [5.41, 5.74) is 3.89. The standard InChI is InChI=1S/C22H22N4O/c27-22(26-14-6-10-18-9-4-5-11-20(18)26)19-15-21(25-16-24-19)23-13-12-17-7-2-1-3-8-17/h1-5,7-9,11,15-16H,6,10,12-14H2,(H,23,24,25). The van der Waals surface area contributed by atoms with E-state index in [0.29, 0.717) is 11.5 Å². The average molecular weight is 358 g/mol. The highest BCUT2D eigenvalue weighted by Crippen LogP contribution is 2.27. The maximum Gasteiger partial charge on any atom is 0.277 e. The second kappa shape index (κ2) is 7.99. The van der Waals surface area contributed by atoms with Gasteiger partial charge >= 0.3 is 0 Å². The van der Waals surface area contributed by atoms with Crippen molar-refractivity contribution in [1.82, 2.24) is 9.97 Å². The fourth-order valence-corrected chi connectivity index (χ4v) is 3.43. The molecule has 0 atom stereocenters. The second-order valence-electron chi connectivity index (χ2n) is 6.64. The highest BCUT2D eigenvalue weighted by molar-refractivity contribution is 6.05. The quantitative estimate of drug-likeness (QED) is 0.755. The van der Waals surface area contributed by atoms with Crippen molar-refractivity contribution in [3.63, 3.8) is 0 Å².